The molecule has 2 amide bonds. The van der Waals surface area contributed by atoms with Crippen molar-refractivity contribution in [2.24, 2.45) is 0 Å². The van der Waals surface area contributed by atoms with Crippen molar-refractivity contribution in [3.63, 3.8) is 0 Å². The van der Waals surface area contributed by atoms with Crippen molar-refractivity contribution in [2.75, 3.05) is 33.2 Å². The van der Waals surface area contributed by atoms with Crippen LogP contribution in [0.5, 0.6) is 0 Å². The van der Waals surface area contributed by atoms with Gasteiger partial charge in [0.2, 0.25) is 0 Å². The van der Waals surface area contributed by atoms with Crippen molar-refractivity contribution < 1.29 is 9.59 Å². The van der Waals surface area contributed by atoms with Crippen LogP contribution in [0.15, 0.2) is 54.7 Å². The highest BCUT2D eigenvalue weighted by Gasteiger charge is 2.24. The fourth-order valence-corrected chi connectivity index (χ4v) is 6.29. The molecule has 0 atom stereocenters. The molecule has 4 heterocycles. The van der Waals surface area contributed by atoms with Crippen LogP contribution in [-0.2, 0) is 26.1 Å². The van der Waals surface area contributed by atoms with Crippen LogP contribution in [0.2, 0.25) is 0 Å². The summed E-state index contributed by atoms with van der Waals surface area (Å²) in [4.78, 5) is 41.4. The van der Waals surface area contributed by atoms with Crippen LogP contribution in [0.3, 0.4) is 0 Å². The number of nitrogens with one attached hydrogen (secondary N) is 1. The maximum Gasteiger partial charge on any atom is 0.273 e. The Morgan fingerprint density at radius 2 is 1.69 bits per heavy atom. The molecule has 0 unspecified atom stereocenters. The second kappa shape index (κ2) is 14.5. The molecule has 0 bridgehead atoms. The Bertz CT molecular complexity index is 1920. The molecule has 2 aromatic carbocycles. The third kappa shape index (κ3) is 7.16. The lowest BCUT2D eigenvalue weighted by molar-refractivity contribution is 0.0781. The van der Waals surface area contributed by atoms with E-state index < -0.39 is 0 Å². The van der Waals surface area contributed by atoms with Gasteiger partial charge in [0, 0.05) is 55.9 Å². The number of nitrogens with zero attached hydrogens (tertiary/aromatic N) is 8. The molecule has 11 nitrogen and oxygen atoms in total. The highest BCUT2D eigenvalue weighted by atomic mass is 16.2. The number of carbonyl (C=O) groups excluding carboxylic acids is 2. The Labute approximate surface area is 282 Å². The maximum absolute atomic E-state index is 14.1. The van der Waals surface area contributed by atoms with Crippen LogP contribution in [0, 0.1) is 13.8 Å². The zero-order chi connectivity index (χ0) is 33.8. The lowest BCUT2D eigenvalue weighted by Crippen LogP contribution is -2.34. The van der Waals surface area contributed by atoms with Gasteiger partial charge in [-0.1, -0.05) is 42.8 Å². The number of aromatic nitrogens is 6. The van der Waals surface area contributed by atoms with E-state index in [2.05, 4.69) is 46.5 Å². The topological polar surface area (TPSA) is 114 Å². The monoisotopic (exact) mass is 647 g/mol. The number of aryl methyl sites for hydroxylation is 3. The molecular weight excluding hydrogens is 602 g/mol. The minimum atomic E-state index is -0.228. The molecule has 0 spiro atoms. The summed E-state index contributed by atoms with van der Waals surface area (Å²) in [5, 5.41) is 13.1. The number of hydrogen-bond donors (Lipinski definition) is 1. The van der Waals surface area contributed by atoms with Crippen LogP contribution in [-0.4, -0.2) is 84.4 Å². The van der Waals surface area contributed by atoms with E-state index in [0.717, 1.165) is 55.0 Å². The van der Waals surface area contributed by atoms with Crippen LogP contribution >= 0.6 is 0 Å². The van der Waals surface area contributed by atoms with Gasteiger partial charge in [-0.05, 0) is 76.4 Å². The summed E-state index contributed by atoms with van der Waals surface area (Å²) in [6, 6.07) is 15.9. The number of hydrogen-bond acceptors (Lipinski definition) is 7. The normalized spacial score (nSPS) is 13.4. The molecule has 250 valence electrons. The SMILES string of the molecule is CCc1ccc(Cn2nc(-c3nc(C(=O)N(C)Cc4cnn(CC)c4C)c4cc(C)ccc4n3)cc2C(=O)NCCN2CCCC2)cc1. The van der Waals surface area contributed by atoms with Crippen LogP contribution in [0.4, 0.5) is 0 Å². The Kier molecular flexibility index (Phi) is 9.95. The summed E-state index contributed by atoms with van der Waals surface area (Å²) in [5.41, 5.74) is 7.08. The van der Waals surface area contributed by atoms with Gasteiger partial charge in [-0.3, -0.25) is 19.0 Å². The van der Waals surface area contributed by atoms with Crippen molar-refractivity contribution in [1.82, 2.24) is 44.6 Å². The first-order valence-electron chi connectivity index (χ1n) is 17.0. The quantitative estimate of drug-likeness (QED) is 0.202. The third-order valence-electron chi connectivity index (χ3n) is 9.23. The Morgan fingerprint density at radius 1 is 0.938 bits per heavy atom. The van der Waals surface area contributed by atoms with Gasteiger partial charge in [-0.2, -0.15) is 10.2 Å². The van der Waals surface area contributed by atoms with E-state index in [1.807, 2.05) is 49.8 Å². The fraction of sp³-hybridized carbons (Fsp3) is 0.405. The molecule has 0 aliphatic carbocycles. The van der Waals surface area contributed by atoms with Crippen molar-refractivity contribution in [2.45, 2.75) is 66.6 Å². The minimum absolute atomic E-state index is 0.200. The maximum atomic E-state index is 14.1. The number of carbonyl (C=O) groups is 2. The molecule has 1 N–H and O–H groups in total. The number of fused-ring (bicyclic) bond motifs is 1. The van der Waals surface area contributed by atoms with Gasteiger partial charge in [0.1, 0.15) is 17.1 Å². The lowest BCUT2D eigenvalue weighted by Gasteiger charge is -2.18. The molecule has 1 fully saturated rings. The first kappa shape index (κ1) is 33.0. The van der Waals surface area contributed by atoms with Gasteiger partial charge >= 0.3 is 0 Å². The summed E-state index contributed by atoms with van der Waals surface area (Å²) < 4.78 is 3.63. The highest BCUT2D eigenvalue weighted by Crippen LogP contribution is 2.25. The van der Waals surface area contributed by atoms with E-state index in [-0.39, 0.29) is 11.8 Å². The zero-order valence-corrected chi connectivity index (χ0v) is 28.7. The Balaban J connectivity index is 1.35. The molecule has 0 radical (unpaired) electrons. The molecule has 5 aromatic rings. The second-order valence-electron chi connectivity index (χ2n) is 12.7. The lowest BCUT2D eigenvalue weighted by atomic mass is 10.1. The minimum Gasteiger partial charge on any atom is -0.349 e. The summed E-state index contributed by atoms with van der Waals surface area (Å²) in [6.45, 7) is 13.2. The molecule has 48 heavy (non-hydrogen) atoms. The summed E-state index contributed by atoms with van der Waals surface area (Å²) >= 11 is 0. The largest absolute Gasteiger partial charge is 0.349 e. The third-order valence-corrected chi connectivity index (χ3v) is 9.23. The Hall–Kier alpha value is -4.90. The van der Waals surface area contributed by atoms with E-state index in [9.17, 15) is 9.59 Å². The summed E-state index contributed by atoms with van der Waals surface area (Å²) in [5.74, 6) is -0.133. The van der Waals surface area contributed by atoms with E-state index in [1.54, 1.807) is 22.7 Å². The van der Waals surface area contributed by atoms with Gasteiger partial charge in [-0.25, -0.2) is 9.97 Å². The molecule has 0 saturated carbocycles. The predicted octanol–water partition coefficient (Wildman–Crippen LogP) is 5.04. The van der Waals surface area contributed by atoms with Crippen molar-refractivity contribution in [3.05, 3.63) is 94.1 Å². The number of likely N-dealkylation sites (tertiary alicyclic amines) is 1. The van der Waals surface area contributed by atoms with Gasteiger partial charge in [0.05, 0.1) is 18.3 Å². The Morgan fingerprint density at radius 3 is 2.40 bits per heavy atom. The molecule has 1 aliphatic heterocycles. The van der Waals surface area contributed by atoms with E-state index in [0.29, 0.717) is 53.4 Å². The molecule has 6 rings (SSSR count). The highest BCUT2D eigenvalue weighted by molar-refractivity contribution is 6.05. The molecule has 11 heteroatoms. The first-order valence-corrected chi connectivity index (χ1v) is 17.0. The van der Waals surface area contributed by atoms with Crippen molar-refractivity contribution in [3.8, 4) is 11.5 Å². The van der Waals surface area contributed by atoms with Crippen molar-refractivity contribution in [1.29, 1.82) is 0 Å². The number of rotatable bonds is 12. The molecular formula is C37H45N9O2. The smallest absolute Gasteiger partial charge is 0.273 e. The van der Waals surface area contributed by atoms with Gasteiger partial charge in [0.15, 0.2) is 5.82 Å². The van der Waals surface area contributed by atoms with E-state index in [1.165, 1.54) is 18.4 Å². The first-order chi connectivity index (χ1) is 23.2. The van der Waals surface area contributed by atoms with Crippen LogP contribution < -0.4 is 5.32 Å². The van der Waals surface area contributed by atoms with E-state index >= 15 is 0 Å². The molecule has 3 aromatic heterocycles. The summed E-state index contributed by atoms with van der Waals surface area (Å²) in [7, 11) is 1.78. The van der Waals surface area contributed by atoms with Gasteiger partial charge in [-0.15, -0.1) is 0 Å². The predicted molar refractivity (Wildman–Crippen MR) is 187 cm³/mol. The van der Waals surface area contributed by atoms with Crippen LogP contribution in [0.1, 0.15) is 75.6 Å². The zero-order valence-electron chi connectivity index (χ0n) is 28.7. The number of amides is 2. The van der Waals surface area contributed by atoms with Gasteiger partial charge in [0.25, 0.3) is 11.8 Å². The average molecular weight is 648 g/mol. The van der Waals surface area contributed by atoms with Crippen molar-refractivity contribution >= 4 is 22.7 Å². The number of benzene rings is 2. The summed E-state index contributed by atoms with van der Waals surface area (Å²) in [6.07, 6.45) is 5.18. The molecule has 1 saturated heterocycles. The molecule has 1 aliphatic rings. The van der Waals surface area contributed by atoms with Gasteiger partial charge < -0.3 is 15.1 Å². The second-order valence-corrected chi connectivity index (χ2v) is 12.7. The van der Waals surface area contributed by atoms with E-state index in [4.69, 9.17) is 15.1 Å². The average Bonchev–Trinajstić information content (AvgIpc) is 3.85. The van der Waals surface area contributed by atoms with Crippen LogP contribution in [0.25, 0.3) is 22.4 Å². The standard InChI is InChI=1S/C37H45N9O2/c1-6-27-11-13-28(14-12-27)23-46-33(36(47)38-16-19-44-17-8-9-18-44)21-32(42-46)35-40-31-15-10-25(3)20-30(31)34(41-35)37(48)43(5)24-29-22-39-45(7-2)26(29)4/h10-15,20-22H,6-9,16-19,23-24H2,1-5H3,(H,38,47). The fourth-order valence-electron chi connectivity index (χ4n) is 6.29.